The van der Waals surface area contributed by atoms with Crippen LogP contribution in [0, 0.1) is 5.92 Å². The highest BCUT2D eigenvalue weighted by atomic mass is 35.5. The summed E-state index contributed by atoms with van der Waals surface area (Å²) in [5, 5.41) is 3.11. The Balaban J connectivity index is 2.19. The summed E-state index contributed by atoms with van der Waals surface area (Å²) in [7, 11) is 0. The van der Waals surface area contributed by atoms with Gasteiger partial charge < -0.3 is 5.32 Å². The third kappa shape index (κ3) is 3.56. The van der Waals surface area contributed by atoms with Gasteiger partial charge in [0.1, 0.15) is 0 Å². The third-order valence-corrected chi connectivity index (χ3v) is 4.01. The smallest absolute Gasteiger partial charge is 0.382 e. The molecule has 19 heavy (non-hydrogen) atoms. The molecule has 1 atom stereocenters. The summed E-state index contributed by atoms with van der Waals surface area (Å²) in [5.41, 5.74) is -0.568. The van der Waals surface area contributed by atoms with Crippen LogP contribution in [-0.2, 0) is 6.18 Å². The molecule has 0 heterocycles. The standard InChI is InChI=1S/C14H17ClF3N/c1-9(10-4-2-3-5-10)19-13-7-6-11(15)8-12(13)14(16,17)18/h6-10,19H,2-5H2,1H3. The van der Waals surface area contributed by atoms with E-state index >= 15 is 0 Å². The maximum atomic E-state index is 13.0. The molecular formula is C14H17ClF3N. The van der Waals surface area contributed by atoms with E-state index < -0.39 is 11.7 Å². The van der Waals surface area contributed by atoms with Gasteiger partial charge in [0, 0.05) is 16.8 Å². The molecule has 1 fully saturated rings. The van der Waals surface area contributed by atoms with Crippen LogP contribution in [0.2, 0.25) is 5.02 Å². The van der Waals surface area contributed by atoms with Crippen molar-refractivity contribution in [2.45, 2.75) is 44.8 Å². The number of rotatable bonds is 3. The first-order chi connectivity index (χ1) is 8.88. The van der Waals surface area contributed by atoms with E-state index in [1.54, 1.807) is 0 Å². The number of halogens is 4. The molecule has 0 aliphatic heterocycles. The van der Waals surface area contributed by atoms with Crippen LogP contribution >= 0.6 is 11.6 Å². The Morgan fingerprint density at radius 2 is 1.89 bits per heavy atom. The van der Waals surface area contributed by atoms with Crippen LogP contribution in [0.3, 0.4) is 0 Å². The molecular weight excluding hydrogens is 275 g/mol. The van der Waals surface area contributed by atoms with Crippen molar-refractivity contribution in [1.29, 1.82) is 0 Å². The van der Waals surface area contributed by atoms with Gasteiger partial charge in [0.2, 0.25) is 0 Å². The minimum Gasteiger partial charge on any atom is -0.382 e. The van der Waals surface area contributed by atoms with E-state index in [-0.39, 0.29) is 16.8 Å². The molecule has 0 aromatic heterocycles. The van der Waals surface area contributed by atoms with Crippen LogP contribution in [0.15, 0.2) is 18.2 Å². The summed E-state index contributed by atoms with van der Waals surface area (Å²) in [6, 6.07) is 3.92. The summed E-state index contributed by atoms with van der Waals surface area (Å²) in [5.74, 6) is 0.455. The van der Waals surface area contributed by atoms with Crippen molar-refractivity contribution < 1.29 is 13.2 Å². The van der Waals surface area contributed by atoms with Gasteiger partial charge in [-0.15, -0.1) is 0 Å². The van der Waals surface area contributed by atoms with Crippen molar-refractivity contribution in [2.75, 3.05) is 5.32 Å². The molecule has 1 aromatic rings. The number of hydrogen-bond acceptors (Lipinski definition) is 1. The fourth-order valence-corrected chi connectivity index (χ4v) is 2.87. The topological polar surface area (TPSA) is 12.0 Å². The van der Waals surface area contributed by atoms with Gasteiger partial charge in [-0.25, -0.2) is 0 Å². The average molecular weight is 292 g/mol. The summed E-state index contributed by atoms with van der Waals surface area (Å²) in [4.78, 5) is 0. The minimum absolute atomic E-state index is 0.0461. The third-order valence-electron chi connectivity index (χ3n) is 3.78. The normalized spacial score (nSPS) is 18.6. The first kappa shape index (κ1) is 14.5. The zero-order valence-corrected chi connectivity index (χ0v) is 11.5. The van der Waals surface area contributed by atoms with Gasteiger partial charge in [0.05, 0.1) is 5.56 Å². The number of alkyl halides is 3. The number of benzene rings is 1. The Kier molecular flexibility index (Phi) is 4.29. The zero-order chi connectivity index (χ0) is 14.0. The van der Waals surface area contributed by atoms with Gasteiger partial charge >= 0.3 is 6.18 Å². The van der Waals surface area contributed by atoms with Gasteiger partial charge in [-0.1, -0.05) is 24.4 Å². The van der Waals surface area contributed by atoms with E-state index in [4.69, 9.17) is 11.6 Å². The second-order valence-corrected chi connectivity index (χ2v) is 5.60. The Labute approximate surface area is 116 Å². The van der Waals surface area contributed by atoms with Crippen molar-refractivity contribution in [3.63, 3.8) is 0 Å². The van der Waals surface area contributed by atoms with E-state index in [9.17, 15) is 13.2 Å². The molecule has 1 unspecified atom stereocenters. The van der Waals surface area contributed by atoms with E-state index in [0.717, 1.165) is 18.9 Å². The van der Waals surface area contributed by atoms with Crippen molar-refractivity contribution in [3.05, 3.63) is 28.8 Å². The molecule has 1 saturated carbocycles. The molecule has 0 bridgehead atoms. The molecule has 0 spiro atoms. The Hall–Kier alpha value is -0.900. The number of anilines is 1. The predicted molar refractivity (Wildman–Crippen MR) is 71.5 cm³/mol. The van der Waals surface area contributed by atoms with E-state index in [2.05, 4.69) is 5.32 Å². The van der Waals surface area contributed by atoms with Crippen molar-refractivity contribution in [1.82, 2.24) is 0 Å². The van der Waals surface area contributed by atoms with Crippen LogP contribution in [0.25, 0.3) is 0 Å². The molecule has 106 valence electrons. The van der Waals surface area contributed by atoms with Crippen LogP contribution < -0.4 is 5.32 Å². The van der Waals surface area contributed by atoms with E-state index in [0.29, 0.717) is 5.92 Å². The first-order valence-electron chi connectivity index (χ1n) is 6.51. The Morgan fingerprint density at radius 3 is 2.47 bits per heavy atom. The lowest BCUT2D eigenvalue weighted by molar-refractivity contribution is -0.137. The van der Waals surface area contributed by atoms with Crippen molar-refractivity contribution >= 4 is 17.3 Å². The molecule has 0 radical (unpaired) electrons. The van der Waals surface area contributed by atoms with Crippen LogP contribution in [0.4, 0.5) is 18.9 Å². The SMILES string of the molecule is CC(Nc1ccc(Cl)cc1C(F)(F)F)C1CCCC1. The average Bonchev–Trinajstić information content (AvgIpc) is 2.83. The second-order valence-electron chi connectivity index (χ2n) is 5.17. The zero-order valence-electron chi connectivity index (χ0n) is 10.7. The minimum atomic E-state index is -4.39. The van der Waals surface area contributed by atoms with Gasteiger partial charge in [0.15, 0.2) is 0 Å². The fourth-order valence-electron chi connectivity index (χ4n) is 2.70. The molecule has 5 heteroatoms. The van der Waals surface area contributed by atoms with Gasteiger partial charge in [-0.2, -0.15) is 13.2 Å². The van der Waals surface area contributed by atoms with Crippen LogP contribution in [0.5, 0.6) is 0 Å². The highest BCUT2D eigenvalue weighted by molar-refractivity contribution is 6.30. The largest absolute Gasteiger partial charge is 0.418 e. The molecule has 1 N–H and O–H groups in total. The van der Waals surface area contributed by atoms with E-state index in [1.165, 1.54) is 25.0 Å². The maximum Gasteiger partial charge on any atom is 0.418 e. The van der Waals surface area contributed by atoms with Gasteiger partial charge in [-0.3, -0.25) is 0 Å². The highest BCUT2D eigenvalue weighted by Gasteiger charge is 2.34. The van der Waals surface area contributed by atoms with Crippen molar-refractivity contribution in [2.24, 2.45) is 5.92 Å². The van der Waals surface area contributed by atoms with Crippen LogP contribution in [-0.4, -0.2) is 6.04 Å². The summed E-state index contributed by atoms with van der Waals surface area (Å²) < 4.78 is 38.9. The Morgan fingerprint density at radius 1 is 1.26 bits per heavy atom. The molecule has 2 rings (SSSR count). The molecule has 1 aromatic carbocycles. The monoisotopic (exact) mass is 291 g/mol. The maximum absolute atomic E-state index is 13.0. The lowest BCUT2D eigenvalue weighted by Gasteiger charge is -2.24. The molecule has 1 aliphatic carbocycles. The highest BCUT2D eigenvalue weighted by Crippen LogP contribution is 2.38. The fraction of sp³-hybridized carbons (Fsp3) is 0.571. The summed E-state index contributed by atoms with van der Waals surface area (Å²) in [6.07, 6.45) is 0.127. The molecule has 0 saturated heterocycles. The predicted octanol–water partition coefficient (Wildman–Crippen LogP) is 5.35. The lowest BCUT2D eigenvalue weighted by atomic mass is 9.99. The number of nitrogens with one attached hydrogen (secondary N) is 1. The molecule has 1 aliphatic rings. The first-order valence-corrected chi connectivity index (χ1v) is 6.89. The quantitative estimate of drug-likeness (QED) is 0.791. The molecule has 0 amide bonds. The second kappa shape index (κ2) is 5.61. The Bertz CT molecular complexity index is 439. The van der Waals surface area contributed by atoms with Gasteiger partial charge in [0.25, 0.3) is 0 Å². The van der Waals surface area contributed by atoms with Crippen molar-refractivity contribution in [3.8, 4) is 0 Å². The number of hydrogen-bond donors (Lipinski definition) is 1. The lowest BCUT2D eigenvalue weighted by Crippen LogP contribution is -2.25. The summed E-state index contributed by atoms with van der Waals surface area (Å²) >= 11 is 5.66. The summed E-state index contributed by atoms with van der Waals surface area (Å²) in [6.45, 7) is 1.95. The van der Waals surface area contributed by atoms with Gasteiger partial charge in [-0.05, 0) is 43.9 Å². The van der Waals surface area contributed by atoms with E-state index in [1.807, 2.05) is 6.92 Å². The molecule has 1 nitrogen and oxygen atoms in total. The van der Waals surface area contributed by atoms with Crippen LogP contribution in [0.1, 0.15) is 38.2 Å².